The van der Waals surface area contributed by atoms with Crippen molar-refractivity contribution in [3.8, 4) is 0 Å². The molecule has 1 unspecified atom stereocenters. The number of hydrogen-bond acceptors (Lipinski definition) is 4. The summed E-state index contributed by atoms with van der Waals surface area (Å²) in [5.41, 5.74) is 0. The molecule has 0 radical (unpaired) electrons. The van der Waals surface area contributed by atoms with Gasteiger partial charge in [-0.05, 0) is 73.5 Å². The molecule has 0 aliphatic carbocycles. The van der Waals surface area contributed by atoms with E-state index in [2.05, 4.69) is 61.7 Å². The van der Waals surface area contributed by atoms with Gasteiger partial charge in [-0.3, -0.25) is 9.80 Å². The predicted molar refractivity (Wildman–Crippen MR) is 100 cm³/mol. The SMILES string of the molecule is CC(C)N1CC(C[C@H]2CNCCCN2C(C)C)CN(C)[C@@H](C)C1. The Bertz CT molecular complexity index is 344. The monoisotopic (exact) mass is 324 g/mol. The van der Waals surface area contributed by atoms with Crippen molar-refractivity contribution in [2.45, 2.75) is 71.6 Å². The molecule has 0 aromatic carbocycles. The largest absolute Gasteiger partial charge is 0.315 e. The van der Waals surface area contributed by atoms with Crippen molar-refractivity contribution >= 4 is 0 Å². The molecule has 2 saturated heterocycles. The van der Waals surface area contributed by atoms with E-state index in [1.807, 2.05) is 0 Å². The molecular weight excluding hydrogens is 284 g/mol. The Kier molecular flexibility index (Phi) is 7.33. The average Bonchev–Trinajstić information content (AvgIpc) is 2.77. The van der Waals surface area contributed by atoms with Crippen molar-refractivity contribution in [1.29, 1.82) is 0 Å². The predicted octanol–water partition coefficient (Wildman–Crippen LogP) is 2.11. The third-order valence-electron chi connectivity index (χ3n) is 5.91. The summed E-state index contributed by atoms with van der Waals surface area (Å²) in [5, 5.41) is 3.67. The van der Waals surface area contributed by atoms with E-state index >= 15 is 0 Å². The van der Waals surface area contributed by atoms with Crippen LogP contribution in [0.1, 0.15) is 47.5 Å². The molecule has 2 aliphatic rings. The van der Waals surface area contributed by atoms with Crippen molar-refractivity contribution in [3.63, 3.8) is 0 Å². The Morgan fingerprint density at radius 3 is 2.43 bits per heavy atom. The van der Waals surface area contributed by atoms with Crippen LogP contribution in [0, 0.1) is 5.92 Å². The number of rotatable bonds is 4. The molecular formula is C19H40N4. The smallest absolute Gasteiger partial charge is 0.0226 e. The summed E-state index contributed by atoms with van der Waals surface area (Å²) < 4.78 is 0. The Morgan fingerprint density at radius 2 is 1.78 bits per heavy atom. The normalized spacial score (nSPS) is 33.1. The molecule has 4 heteroatoms. The summed E-state index contributed by atoms with van der Waals surface area (Å²) in [5.74, 6) is 0.776. The van der Waals surface area contributed by atoms with Crippen LogP contribution in [-0.4, -0.2) is 85.2 Å². The van der Waals surface area contributed by atoms with Gasteiger partial charge in [-0.15, -0.1) is 0 Å². The first kappa shape index (κ1) is 19.2. The third kappa shape index (κ3) is 5.42. The molecule has 0 amide bonds. The van der Waals surface area contributed by atoms with E-state index in [0.717, 1.165) is 12.5 Å². The van der Waals surface area contributed by atoms with E-state index in [0.29, 0.717) is 24.2 Å². The Labute approximate surface area is 144 Å². The Balaban J connectivity index is 2.05. The lowest BCUT2D eigenvalue weighted by Crippen LogP contribution is -2.46. The fourth-order valence-electron chi connectivity index (χ4n) is 4.34. The van der Waals surface area contributed by atoms with Crippen molar-refractivity contribution < 1.29 is 0 Å². The fraction of sp³-hybridized carbons (Fsp3) is 1.00. The van der Waals surface area contributed by atoms with E-state index in [4.69, 9.17) is 0 Å². The first-order valence-corrected chi connectivity index (χ1v) is 9.79. The van der Waals surface area contributed by atoms with Gasteiger partial charge < -0.3 is 10.2 Å². The molecule has 2 aliphatic heterocycles. The second-order valence-corrected chi connectivity index (χ2v) is 8.48. The van der Waals surface area contributed by atoms with E-state index in [1.54, 1.807) is 0 Å². The Hall–Kier alpha value is -0.160. The molecule has 2 heterocycles. The first-order chi connectivity index (χ1) is 10.9. The topological polar surface area (TPSA) is 21.8 Å². The molecule has 0 bridgehead atoms. The van der Waals surface area contributed by atoms with E-state index < -0.39 is 0 Å². The second kappa shape index (κ2) is 8.80. The van der Waals surface area contributed by atoms with Crippen LogP contribution in [0.2, 0.25) is 0 Å². The van der Waals surface area contributed by atoms with Crippen LogP contribution < -0.4 is 5.32 Å². The molecule has 0 spiro atoms. The van der Waals surface area contributed by atoms with Gasteiger partial charge in [0.05, 0.1) is 0 Å². The third-order valence-corrected chi connectivity index (χ3v) is 5.91. The van der Waals surface area contributed by atoms with Crippen LogP contribution in [0.5, 0.6) is 0 Å². The molecule has 4 nitrogen and oxygen atoms in total. The summed E-state index contributed by atoms with van der Waals surface area (Å²) in [6.07, 6.45) is 2.61. The summed E-state index contributed by atoms with van der Waals surface area (Å²) in [4.78, 5) is 8.02. The minimum absolute atomic E-state index is 0.653. The second-order valence-electron chi connectivity index (χ2n) is 8.48. The zero-order valence-corrected chi connectivity index (χ0v) is 16.4. The van der Waals surface area contributed by atoms with Gasteiger partial charge in [0.1, 0.15) is 0 Å². The lowest BCUT2D eigenvalue weighted by molar-refractivity contribution is 0.124. The van der Waals surface area contributed by atoms with Gasteiger partial charge in [0, 0.05) is 50.3 Å². The van der Waals surface area contributed by atoms with Crippen LogP contribution in [0.3, 0.4) is 0 Å². The van der Waals surface area contributed by atoms with Gasteiger partial charge in [0.25, 0.3) is 0 Å². The van der Waals surface area contributed by atoms with Gasteiger partial charge in [0.15, 0.2) is 0 Å². The van der Waals surface area contributed by atoms with Gasteiger partial charge in [0.2, 0.25) is 0 Å². The quantitative estimate of drug-likeness (QED) is 0.855. The van der Waals surface area contributed by atoms with Gasteiger partial charge in [-0.1, -0.05) is 0 Å². The fourth-order valence-corrected chi connectivity index (χ4v) is 4.34. The van der Waals surface area contributed by atoms with E-state index in [9.17, 15) is 0 Å². The van der Waals surface area contributed by atoms with Crippen LogP contribution >= 0.6 is 0 Å². The highest BCUT2D eigenvalue weighted by Gasteiger charge is 2.31. The molecule has 136 valence electrons. The maximum Gasteiger partial charge on any atom is 0.0226 e. The van der Waals surface area contributed by atoms with E-state index in [-0.39, 0.29) is 0 Å². The average molecular weight is 325 g/mol. The van der Waals surface area contributed by atoms with Gasteiger partial charge in [-0.25, -0.2) is 0 Å². The van der Waals surface area contributed by atoms with Crippen molar-refractivity contribution in [1.82, 2.24) is 20.0 Å². The molecule has 0 aromatic heterocycles. The highest BCUT2D eigenvalue weighted by Crippen LogP contribution is 2.22. The summed E-state index contributed by atoms with van der Waals surface area (Å²) in [6, 6.07) is 2.66. The first-order valence-electron chi connectivity index (χ1n) is 9.79. The highest BCUT2D eigenvalue weighted by atomic mass is 15.3. The summed E-state index contributed by atoms with van der Waals surface area (Å²) in [7, 11) is 2.31. The highest BCUT2D eigenvalue weighted by molar-refractivity contribution is 4.87. The molecule has 3 atom stereocenters. The van der Waals surface area contributed by atoms with Crippen LogP contribution in [0.4, 0.5) is 0 Å². The zero-order chi connectivity index (χ0) is 17.0. The molecule has 0 aromatic rings. The molecule has 1 N–H and O–H groups in total. The lowest BCUT2D eigenvalue weighted by Gasteiger charge is -2.36. The van der Waals surface area contributed by atoms with Gasteiger partial charge >= 0.3 is 0 Å². The zero-order valence-electron chi connectivity index (χ0n) is 16.4. The molecule has 23 heavy (non-hydrogen) atoms. The number of nitrogens with zero attached hydrogens (tertiary/aromatic N) is 3. The van der Waals surface area contributed by atoms with Crippen LogP contribution in [0.25, 0.3) is 0 Å². The minimum Gasteiger partial charge on any atom is -0.315 e. The minimum atomic E-state index is 0.653. The lowest BCUT2D eigenvalue weighted by atomic mass is 9.96. The number of hydrogen-bond donors (Lipinski definition) is 1. The van der Waals surface area contributed by atoms with Crippen molar-refractivity contribution in [2.75, 3.05) is 46.3 Å². The van der Waals surface area contributed by atoms with Gasteiger partial charge in [-0.2, -0.15) is 0 Å². The van der Waals surface area contributed by atoms with Crippen LogP contribution in [0.15, 0.2) is 0 Å². The van der Waals surface area contributed by atoms with Crippen molar-refractivity contribution in [2.24, 2.45) is 5.92 Å². The molecule has 2 fully saturated rings. The van der Waals surface area contributed by atoms with Crippen LogP contribution in [-0.2, 0) is 0 Å². The standard InChI is InChI=1S/C19H40N4/c1-15(2)22-12-17(5)21(6)13-18(14-22)10-19-11-20-8-7-9-23(19)16(3)4/h15-20H,7-14H2,1-6H3/t17-,18?,19-/m0/s1. The summed E-state index contributed by atoms with van der Waals surface area (Å²) >= 11 is 0. The maximum absolute atomic E-state index is 3.67. The maximum atomic E-state index is 3.67. The summed E-state index contributed by atoms with van der Waals surface area (Å²) in [6.45, 7) is 19.1. The van der Waals surface area contributed by atoms with E-state index in [1.165, 1.54) is 45.6 Å². The number of likely N-dealkylation sites (N-methyl/N-ethyl adjacent to an activating group) is 1. The number of nitrogens with one attached hydrogen (secondary N) is 1. The van der Waals surface area contributed by atoms with Crippen molar-refractivity contribution in [3.05, 3.63) is 0 Å². The Morgan fingerprint density at radius 1 is 1.04 bits per heavy atom. The molecule has 2 rings (SSSR count). The molecule has 0 saturated carbocycles.